The van der Waals surface area contributed by atoms with Gasteiger partial charge < -0.3 is 9.88 Å². The van der Waals surface area contributed by atoms with Crippen molar-refractivity contribution in [3.8, 4) is 0 Å². The van der Waals surface area contributed by atoms with Crippen LogP contribution < -0.4 is 5.32 Å². The third-order valence-corrected chi connectivity index (χ3v) is 2.39. The Balaban J connectivity index is 2.58. The summed E-state index contributed by atoms with van der Waals surface area (Å²) in [5.74, 6) is 1.21. The first-order valence-corrected chi connectivity index (χ1v) is 5.52. The molecular weight excluding hydrogens is 174 g/mol. The van der Waals surface area contributed by atoms with Gasteiger partial charge in [-0.15, -0.1) is 0 Å². The van der Waals surface area contributed by atoms with Gasteiger partial charge in [-0.05, 0) is 19.9 Å². The van der Waals surface area contributed by atoms with E-state index in [-0.39, 0.29) is 0 Å². The van der Waals surface area contributed by atoms with Gasteiger partial charge in [-0.1, -0.05) is 13.8 Å². The molecule has 0 aliphatic carbocycles. The summed E-state index contributed by atoms with van der Waals surface area (Å²) in [6.45, 7) is 8.59. The topological polar surface area (TPSA) is 29.9 Å². The van der Waals surface area contributed by atoms with Gasteiger partial charge in [-0.25, -0.2) is 4.98 Å². The van der Waals surface area contributed by atoms with Crippen LogP contribution in [0.3, 0.4) is 0 Å². The lowest BCUT2D eigenvalue weighted by Crippen LogP contribution is -2.24. The quantitative estimate of drug-likeness (QED) is 0.752. The Hall–Kier alpha value is -0.830. The maximum atomic E-state index is 4.37. The first-order valence-electron chi connectivity index (χ1n) is 5.52. The number of hydrogen-bond acceptors (Lipinski definition) is 2. The Morgan fingerprint density at radius 1 is 1.50 bits per heavy atom. The van der Waals surface area contributed by atoms with E-state index in [1.54, 1.807) is 0 Å². The molecule has 1 aromatic rings. The number of likely N-dealkylation sites (N-methyl/N-ethyl adjacent to an activating group) is 1. The molecule has 0 amide bonds. The van der Waals surface area contributed by atoms with Crippen LogP contribution in [0.5, 0.6) is 0 Å². The highest BCUT2D eigenvalue weighted by atomic mass is 15.1. The number of imidazole rings is 1. The molecule has 1 N–H and O–H groups in total. The van der Waals surface area contributed by atoms with Crippen LogP contribution >= 0.6 is 0 Å². The Labute approximate surface area is 86.5 Å². The highest BCUT2D eigenvalue weighted by Gasteiger charge is 2.07. The fraction of sp³-hybridized carbons (Fsp3) is 0.727. The van der Waals surface area contributed by atoms with Crippen LogP contribution in [0, 0.1) is 0 Å². The molecule has 0 aliphatic heterocycles. The van der Waals surface area contributed by atoms with E-state index in [1.165, 1.54) is 5.82 Å². The maximum absolute atomic E-state index is 4.37. The van der Waals surface area contributed by atoms with E-state index in [0.717, 1.165) is 25.9 Å². The molecule has 1 rings (SSSR count). The Morgan fingerprint density at radius 3 is 2.93 bits per heavy atom. The molecule has 1 atom stereocenters. The third-order valence-electron chi connectivity index (χ3n) is 2.39. The molecule has 0 saturated carbocycles. The average Bonchev–Trinajstić information content (AvgIpc) is 2.63. The molecule has 0 aliphatic rings. The van der Waals surface area contributed by atoms with Crippen LogP contribution in [-0.2, 0) is 6.42 Å². The van der Waals surface area contributed by atoms with Crippen molar-refractivity contribution in [1.29, 1.82) is 0 Å². The zero-order valence-corrected chi connectivity index (χ0v) is 9.45. The minimum atomic E-state index is 0.499. The fourth-order valence-corrected chi connectivity index (χ4v) is 1.61. The highest BCUT2D eigenvalue weighted by molar-refractivity contribution is 4.95. The summed E-state index contributed by atoms with van der Waals surface area (Å²) < 4.78 is 2.27. The van der Waals surface area contributed by atoms with Gasteiger partial charge >= 0.3 is 0 Å². The summed E-state index contributed by atoms with van der Waals surface area (Å²) in [5, 5.41) is 3.36. The van der Waals surface area contributed by atoms with Crippen LogP contribution in [0.15, 0.2) is 12.4 Å². The first-order chi connectivity index (χ1) is 6.79. The van der Waals surface area contributed by atoms with E-state index in [2.05, 4.69) is 41.8 Å². The second kappa shape index (κ2) is 5.81. The van der Waals surface area contributed by atoms with Crippen LogP contribution in [0.25, 0.3) is 0 Å². The second-order valence-electron chi connectivity index (χ2n) is 3.66. The molecule has 3 nitrogen and oxygen atoms in total. The molecule has 0 saturated heterocycles. The van der Waals surface area contributed by atoms with E-state index >= 15 is 0 Å². The van der Waals surface area contributed by atoms with Gasteiger partial charge in [0.05, 0.1) is 0 Å². The third kappa shape index (κ3) is 2.84. The Kier molecular flexibility index (Phi) is 4.66. The lowest BCUT2D eigenvalue weighted by molar-refractivity contribution is 0.484. The molecule has 1 aromatic heterocycles. The Bertz CT molecular complexity index is 255. The fourth-order valence-electron chi connectivity index (χ4n) is 1.61. The molecule has 3 heteroatoms. The van der Waals surface area contributed by atoms with Crippen molar-refractivity contribution in [2.45, 2.75) is 39.7 Å². The number of nitrogens with zero attached hydrogens (tertiary/aromatic N) is 2. The zero-order chi connectivity index (χ0) is 10.4. The summed E-state index contributed by atoms with van der Waals surface area (Å²) >= 11 is 0. The summed E-state index contributed by atoms with van der Waals surface area (Å²) in [7, 11) is 0. The number of nitrogens with one attached hydrogen (secondary N) is 1. The van der Waals surface area contributed by atoms with Crippen LogP contribution in [0.4, 0.5) is 0 Å². The second-order valence-corrected chi connectivity index (χ2v) is 3.66. The smallest absolute Gasteiger partial charge is 0.108 e. The van der Waals surface area contributed by atoms with Crippen LogP contribution in [-0.4, -0.2) is 22.6 Å². The lowest BCUT2D eigenvalue weighted by atomic mass is 10.3. The van der Waals surface area contributed by atoms with E-state index in [4.69, 9.17) is 0 Å². The molecule has 0 aromatic carbocycles. The minimum absolute atomic E-state index is 0.499. The van der Waals surface area contributed by atoms with Gasteiger partial charge in [0.2, 0.25) is 0 Å². The van der Waals surface area contributed by atoms with Gasteiger partial charge in [0.1, 0.15) is 5.82 Å². The zero-order valence-electron chi connectivity index (χ0n) is 9.45. The van der Waals surface area contributed by atoms with Crippen molar-refractivity contribution in [1.82, 2.24) is 14.9 Å². The molecule has 0 radical (unpaired) electrons. The summed E-state index contributed by atoms with van der Waals surface area (Å²) in [6.07, 6.45) is 6.20. The van der Waals surface area contributed by atoms with Crippen molar-refractivity contribution in [2.75, 3.05) is 13.1 Å². The predicted octanol–water partition coefficient (Wildman–Crippen LogP) is 2.01. The van der Waals surface area contributed by atoms with E-state index in [1.807, 2.05) is 6.20 Å². The van der Waals surface area contributed by atoms with E-state index < -0.39 is 0 Å². The van der Waals surface area contributed by atoms with Crippen molar-refractivity contribution < 1.29 is 0 Å². The van der Waals surface area contributed by atoms with Gasteiger partial charge in [0.15, 0.2) is 0 Å². The van der Waals surface area contributed by atoms with Crippen LogP contribution in [0.2, 0.25) is 0 Å². The van der Waals surface area contributed by atoms with Gasteiger partial charge in [0.25, 0.3) is 0 Å². The van der Waals surface area contributed by atoms with Gasteiger partial charge in [-0.3, -0.25) is 0 Å². The molecule has 1 unspecified atom stereocenters. The largest absolute Gasteiger partial charge is 0.331 e. The number of hydrogen-bond donors (Lipinski definition) is 1. The molecule has 0 spiro atoms. The number of aryl methyl sites for hydroxylation is 1. The predicted molar refractivity (Wildman–Crippen MR) is 59.5 cm³/mol. The molecular formula is C11H21N3. The molecule has 0 bridgehead atoms. The van der Waals surface area contributed by atoms with E-state index in [0.29, 0.717) is 6.04 Å². The summed E-state index contributed by atoms with van der Waals surface area (Å²) in [5.41, 5.74) is 0. The molecule has 1 heterocycles. The van der Waals surface area contributed by atoms with Crippen molar-refractivity contribution in [2.24, 2.45) is 0 Å². The molecule has 0 fully saturated rings. The maximum Gasteiger partial charge on any atom is 0.108 e. The summed E-state index contributed by atoms with van der Waals surface area (Å²) in [6, 6.07) is 0.499. The Morgan fingerprint density at radius 2 is 2.29 bits per heavy atom. The number of aromatic nitrogens is 2. The first kappa shape index (κ1) is 11.2. The molecule has 80 valence electrons. The lowest BCUT2D eigenvalue weighted by Gasteiger charge is -2.16. The SMILES string of the molecule is CCCc1nccn1C(C)CNCC. The molecule has 14 heavy (non-hydrogen) atoms. The van der Waals surface area contributed by atoms with Crippen molar-refractivity contribution in [3.63, 3.8) is 0 Å². The highest BCUT2D eigenvalue weighted by Crippen LogP contribution is 2.09. The minimum Gasteiger partial charge on any atom is -0.331 e. The monoisotopic (exact) mass is 195 g/mol. The summed E-state index contributed by atoms with van der Waals surface area (Å²) in [4.78, 5) is 4.37. The normalized spacial score (nSPS) is 13.1. The standard InChI is InChI=1S/C11H21N3/c1-4-6-11-13-7-8-14(11)10(3)9-12-5-2/h7-8,10,12H,4-6,9H2,1-3H3. The van der Waals surface area contributed by atoms with Crippen molar-refractivity contribution in [3.05, 3.63) is 18.2 Å². The van der Waals surface area contributed by atoms with Crippen molar-refractivity contribution >= 4 is 0 Å². The average molecular weight is 195 g/mol. The van der Waals surface area contributed by atoms with E-state index in [9.17, 15) is 0 Å². The van der Waals surface area contributed by atoms with Gasteiger partial charge in [0, 0.05) is 31.4 Å². The van der Waals surface area contributed by atoms with Crippen LogP contribution in [0.1, 0.15) is 39.1 Å². The van der Waals surface area contributed by atoms with Gasteiger partial charge in [-0.2, -0.15) is 0 Å². The number of rotatable bonds is 6.